The molecule has 4 heteroatoms. The number of hydrogen-bond acceptors (Lipinski definition) is 3. The van der Waals surface area contributed by atoms with Crippen molar-refractivity contribution in [2.24, 2.45) is 0 Å². The van der Waals surface area contributed by atoms with Crippen molar-refractivity contribution in [2.75, 3.05) is 45.3 Å². The summed E-state index contributed by atoms with van der Waals surface area (Å²) in [5, 5.41) is 0. The van der Waals surface area contributed by atoms with E-state index in [1.165, 1.54) is 45.3 Å². The Bertz CT molecular complexity index is 141. The third-order valence-corrected chi connectivity index (χ3v) is 5.13. The van der Waals surface area contributed by atoms with E-state index in [0.717, 1.165) is 0 Å². The highest BCUT2D eigenvalue weighted by molar-refractivity contribution is 7.57. The third kappa shape index (κ3) is 1.11. The van der Waals surface area contributed by atoms with Crippen molar-refractivity contribution in [3.05, 3.63) is 0 Å². The molecule has 0 aromatic heterocycles. The van der Waals surface area contributed by atoms with E-state index in [4.69, 9.17) is 0 Å². The Morgan fingerprint density at radius 3 is 1.82 bits per heavy atom. The summed E-state index contributed by atoms with van der Waals surface area (Å²) in [6, 6.07) is 0. The first kappa shape index (κ1) is 6.79. The molecule has 4 bridgehead atoms. The van der Waals surface area contributed by atoms with Gasteiger partial charge in [0.25, 0.3) is 0 Å². The number of fused-ring (bicyclic) bond motifs is 1. The van der Waals surface area contributed by atoms with Gasteiger partial charge in [0.2, 0.25) is 0 Å². The first-order chi connectivity index (χ1) is 5.40. The van der Waals surface area contributed by atoms with Gasteiger partial charge in [-0.3, -0.25) is 14.7 Å². The molecule has 4 fully saturated rings. The average molecular weight is 171 g/mol. The van der Waals surface area contributed by atoms with Crippen LogP contribution in [0.1, 0.15) is 0 Å². The Balaban J connectivity index is 1.90. The molecule has 4 aliphatic heterocycles. The van der Waals surface area contributed by atoms with Crippen LogP contribution < -0.4 is 0 Å². The fourth-order valence-electron chi connectivity index (χ4n) is 2.34. The minimum Gasteiger partial charge on any atom is -0.285 e. The van der Waals surface area contributed by atoms with Gasteiger partial charge in [0.05, 0.1) is 13.3 Å². The van der Waals surface area contributed by atoms with E-state index in [1.54, 1.807) is 0 Å². The lowest BCUT2D eigenvalue weighted by molar-refractivity contribution is 0.133. The minimum atomic E-state index is 0.340. The Hall–Kier alpha value is 0.310. The van der Waals surface area contributed by atoms with Crippen molar-refractivity contribution < 1.29 is 0 Å². The molecule has 2 unspecified atom stereocenters. The molecule has 0 aromatic rings. The van der Waals surface area contributed by atoms with Crippen LogP contribution in [-0.2, 0) is 0 Å². The van der Waals surface area contributed by atoms with Crippen molar-refractivity contribution in [1.29, 1.82) is 0 Å². The molecule has 0 amide bonds. The van der Waals surface area contributed by atoms with Crippen LogP contribution in [-0.4, -0.2) is 60.0 Å². The Morgan fingerprint density at radius 1 is 0.727 bits per heavy atom. The minimum absolute atomic E-state index is 0.340. The van der Waals surface area contributed by atoms with Gasteiger partial charge >= 0.3 is 0 Å². The monoisotopic (exact) mass is 171 g/mol. The molecule has 3 nitrogen and oxygen atoms in total. The van der Waals surface area contributed by atoms with Gasteiger partial charge in [0.1, 0.15) is 0 Å². The van der Waals surface area contributed by atoms with Crippen molar-refractivity contribution >= 4 is 7.92 Å². The van der Waals surface area contributed by atoms with Crippen LogP contribution in [0.15, 0.2) is 0 Å². The summed E-state index contributed by atoms with van der Waals surface area (Å²) >= 11 is 0. The molecule has 11 heavy (non-hydrogen) atoms. The Morgan fingerprint density at radius 2 is 1.27 bits per heavy atom. The molecule has 2 atom stereocenters. The average Bonchev–Trinajstić information content (AvgIpc) is 2.18. The van der Waals surface area contributed by atoms with E-state index < -0.39 is 0 Å². The lowest BCUT2D eigenvalue weighted by Gasteiger charge is -2.43. The van der Waals surface area contributed by atoms with Gasteiger partial charge in [-0.05, 0) is 0 Å². The van der Waals surface area contributed by atoms with Gasteiger partial charge in [-0.1, -0.05) is 7.92 Å². The van der Waals surface area contributed by atoms with Gasteiger partial charge in [-0.15, -0.1) is 0 Å². The molecule has 4 saturated heterocycles. The number of nitrogens with zero attached hydrogens (tertiary/aromatic N) is 3. The van der Waals surface area contributed by atoms with Crippen LogP contribution >= 0.6 is 7.92 Å². The Kier molecular flexibility index (Phi) is 1.48. The lowest BCUT2D eigenvalue weighted by atomic mass is 10.5. The van der Waals surface area contributed by atoms with Gasteiger partial charge in [0, 0.05) is 31.9 Å². The maximum absolute atomic E-state index is 2.63. The van der Waals surface area contributed by atoms with E-state index in [1.807, 2.05) is 0 Å². The van der Waals surface area contributed by atoms with E-state index in [0.29, 0.717) is 7.92 Å². The summed E-state index contributed by atoms with van der Waals surface area (Å²) in [6.45, 7) is 5.12. The topological polar surface area (TPSA) is 9.72 Å². The zero-order chi connectivity index (χ0) is 7.26. The van der Waals surface area contributed by atoms with Gasteiger partial charge in [-0.2, -0.15) is 0 Å². The summed E-state index contributed by atoms with van der Waals surface area (Å²) in [5.74, 6) is 0. The zero-order valence-corrected chi connectivity index (χ0v) is 7.63. The normalized spacial score (nSPS) is 54.5. The van der Waals surface area contributed by atoms with E-state index >= 15 is 0 Å². The fourth-order valence-corrected chi connectivity index (χ4v) is 4.94. The molecular formula is C7H14N3P. The summed E-state index contributed by atoms with van der Waals surface area (Å²) in [5.41, 5.74) is 0. The molecule has 4 rings (SSSR count). The highest BCUT2D eigenvalue weighted by Crippen LogP contribution is 2.45. The lowest BCUT2D eigenvalue weighted by Crippen LogP contribution is -2.47. The van der Waals surface area contributed by atoms with E-state index in [2.05, 4.69) is 14.7 Å². The molecular weight excluding hydrogens is 157 g/mol. The third-order valence-electron chi connectivity index (χ3n) is 2.73. The quantitative estimate of drug-likeness (QED) is 0.482. The number of hydrogen-bond donors (Lipinski definition) is 0. The van der Waals surface area contributed by atoms with Crippen LogP contribution in [0.4, 0.5) is 0 Å². The molecule has 4 aliphatic rings. The fraction of sp³-hybridized carbons (Fsp3) is 1.00. The van der Waals surface area contributed by atoms with Gasteiger partial charge in [0.15, 0.2) is 0 Å². The summed E-state index contributed by atoms with van der Waals surface area (Å²) in [4.78, 5) is 7.86. The molecule has 0 N–H and O–H groups in total. The predicted octanol–water partition coefficient (Wildman–Crippen LogP) is 0.203. The molecule has 62 valence electrons. The van der Waals surface area contributed by atoms with E-state index in [-0.39, 0.29) is 0 Å². The predicted molar refractivity (Wildman–Crippen MR) is 46.5 cm³/mol. The largest absolute Gasteiger partial charge is 0.285 e. The summed E-state index contributed by atoms with van der Waals surface area (Å²) in [6.07, 6.45) is 4.26. The zero-order valence-electron chi connectivity index (χ0n) is 6.74. The second-order valence-corrected chi connectivity index (χ2v) is 6.03. The maximum atomic E-state index is 2.63. The van der Waals surface area contributed by atoms with Gasteiger partial charge < -0.3 is 0 Å². The van der Waals surface area contributed by atoms with Crippen molar-refractivity contribution in [2.45, 2.75) is 0 Å². The first-order valence-corrected chi connectivity index (χ1v) is 6.19. The molecule has 0 saturated carbocycles. The first-order valence-electron chi connectivity index (χ1n) is 4.29. The van der Waals surface area contributed by atoms with Crippen LogP contribution in [0.25, 0.3) is 0 Å². The second kappa shape index (κ2) is 2.40. The molecule has 0 spiro atoms. The summed E-state index contributed by atoms with van der Waals surface area (Å²) < 4.78 is 0. The standard InChI is InChI=1S/C7H14N3P/c1-2-9-4-10-3-8(1)5-11(6-9)7-10/h1-7H2. The Labute approximate surface area is 68.7 Å². The molecule has 4 heterocycles. The van der Waals surface area contributed by atoms with Gasteiger partial charge in [-0.25, -0.2) is 0 Å². The van der Waals surface area contributed by atoms with Crippen LogP contribution in [0.3, 0.4) is 0 Å². The molecule has 0 radical (unpaired) electrons. The number of rotatable bonds is 0. The highest BCUT2D eigenvalue weighted by atomic mass is 31.1. The van der Waals surface area contributed by atoms with Crippen molar-refractivity contribution in [3.63, 3.8) is 0 Å². The SMILES string of the molecule is C1CN2CN3CN1CP(C2)C3. The molecule has 0 aromatic carbocycles. The van der Waals surface area contributed by atoms with Crippen molar-refractivity contribution in [3.8, 4) is 0 Å². The van der Waals surface area contributed by atoms with Crippen LogP contribution in [0.2, 0.25) is 0 Å². The maximum Gasteiger partial charge on any atom is 0.0525 e. The molecule has 0 aliphatic carbocycles. The second-order valence-electron chi connectivity index (χ2n) is 3.84. The van der Waals surface area contributed by atoms with Crippen molar-refractivity contribution in [1.82, 2.24) is 14.7 Å². The highest BCUT2D eigenvalue weighted by Gasteiger charge is 2.34. The van der Waals surface area contributed by atoms with Crippen LogP contribution in [0, 0.1) is 0 Å². The van der Waals surface area contributed by atoms with E-state index in [9.17, 15) is 0 Å². The summed E-state index contributed by atoms with van der Waals surface area (Å²) in [7, 11) is 0.340. The van der Waals surface area contributed by atoms with Crippen LogP contribution in [0.5, 0.6) is 0 Å². The smallest absolute Gasteiger partial charge is 0.0525 e.